The predicted molar refractivity (Wildman–Crippen MR) is 130 cm³/mol. The van der Waals surface area contributed by atoms with Crippen molar-refractivity contribution in [2.75, 3.05) is 13.2 Å². The van der Waals surface area contributed by atoms with Gasteiger partial charge in [-0.1, -0.05) is 30.8 Å². The van der Waals surface area contributed by atoms with Crippen molar-refractivity contribution in [2.24, 2.45) is 0 Å². The van der Waals surface area contributed by atoms with E-state index in [-0.39, 0.29) is 5.75 Å². The third-order valence-electron chi connectivity index (χ3n) is 4.89. The van der Waals surface area contributed by atoms with Gasteiger partial charge in [-0.05, 0) is 67.8 Å². The van der Waals surface area contributed by atoms with E-state index in [1.165, 1.54) is 6.07 Å². The van der Waals surface area contributed by atoms with E-state index in [0.29, 0.717) is 48.7 Å². The van der Waals surface area contributed by atoms with Crippen LogP contribution < -0.4 is 14.2 Å². The summed E-state index contributed by atoms with van der Waals surface area (Å²) in [5, 5.41) is 0. The average Bonchev–Trinajstić information content (AvgIpc) is 2.88. The molecule has 0 aromatic heterocycles. The van der Waals surface area contributed by atoms with Crippen molar-refractivity contribution in [3.63, 3.8) is 0 Å². The molecule has 0 aliphatic rings. The fourth-order valence-electron chi connectivity index (χ4n) is 2.97. The highest BCUT2D eigenvalue weighted by Gasteiger charge is 2.14. The fraction of sp³-hybridized carbons (Fsp3) is 0.179. The van der Waals surface area contributed by atoms with Crippen molar-refractivity contribution >= 4 is 17.9 Å². The van der Waals surface area contributed by atoms with Crippen molar-refractivity contribution in [2.45, 2.75) is 19.8 Å². The van der Waals surface area contributed by atoms with Gasteiger partial charge >= 0.3 is 17.9 Å². The normalized spacial score (nSPS) is 10.2. The summed E-state index contributed by atoms with van der Waals surface area (Å²) >= 11 is 0. The summed E-state index contributed by atoms with van der Waals surface area (Å²) in [5.41, 5.74) is 1.49. The van der Waals surface area contributed by atoms with E-state index in [1.807, 2.05) is 6.07 Å². The van der Waals surface area contributed by atoms with Gasteiger partial charge in [-0.25, -0.2) is 14.4 Å². The van der Waals surface area contributed by atoms with Crippen LogP contribution in [-0.2, 0) is 9.53 Å². The highest BCUT2D eigenvalue weighted by Crippen LogP contribution is 2.26. The third-order valence-corrected chi connectivity index (χ3v) is 4.89. The van der Waals surface area contributed by atoms with Crippen LogP contribution >= 0.6 is 0 Å². The standard InChI is InChI=1S/C28H26O7/c1-3-26(29)33-18-8-7-17-32-23-15-12-22(13-16-23)28(31)35-25-19-24(14-11-20(25)2)34-27(30)21-9-5-4-6-10-21/h3-6,9-16,19H,1,7-8,17-18H2,2H3. The Balaban J connectivity index is 1.51. The fourth-order valence-corrected chi connectivity index (χ4v) is 2.97. The zero-order valence-corrected chi connectivity index (χ0v) is 19.4. The van der Waals surface area contributed by atoms with E-state index in [1.54, 1.807) is 67.6 Å². The molecular formula is C28H26O7. The van der Waals surface area contributed by atoms with Gasteiger partial charge < -0.3 is 18.9 Å². The maximum Gasteiger partial charge on any atom is 0.343 e. The molecule has 0 amide bonds. The first kappa shape index (κ1) is 25.2. The van der Waals surface area contributed by atoms with Crippen LogP contribution in [0.25, 0.3) is 0 Å². The number of benzene rings is 3. The minimum atomic E-state index is -0.546. The van der Waals surface area contributed by atoms with Crippen molar-refractivity contribution in [1.29, 1.82) is 0 Å². The molecule has 0 unspecified atom stereocenters. The van der Waals surface area contributed by atoms with Crippen LogP contribution in [0.3, 0.4) is 0 Å². The second-order valence-electron chi connectivity index (χ2n) is 7.52. The lowest BCUT2D eigenvalue weighted by Gasteiger charge is -2.11. The van der Waals surface area contributed by atoms with Gasteiger partial charge in [-0.15, -0.1) is 0 Å². The topological polar surface area (TPSA) is 88.1 Å². The molecule has 0 aliphatic heterocycles. The van der Waals surface area contributed by atoms with Gasteiger partial charge in [0.25, 0.3) is 0 Å². The lowest BCUT2D eigenvalue weighted by atomic mass is 10.2. The van der Waals surface area contributed by atoms with Crippen molar-refractivity contribution in [1.82, 2.24) is 0 Å². The quantitative estimate of drug-likeness (QED) is 0.161. The summed E-state index contributed by atoms with van der Waals surface area (Å²) in [6.45, 7) is 5.89. The summed E-state index contributed by atoms with van der Waals surface area (Å²) in [6.07, 6.45) is 2.50. The summed E-state index contributed by atoms with van der Waals surface area (Å²) < 4.78 is 21.5. The molecule has 0 saturated heterocycles. The van der Waals surface area contributed by atoms with Crippen LogP contribution in [0, 0.1) is 6.92 Å². The molecule has 0 atom stereocenters. The number of hydrogen-bond acceptors (Lipinski definition) is 7. The molecule has 7 nitrogen and oxygen atoms in total. The monoisotopic (exact) mass is 474 g/mol. The van der Waals surface area contributed by atoms with Crippen LogP contribution in [0.4, 0.5) is 0 Å². The number of hydrogen-bond donors (Lipinski definition) is 0. The van der Waals surface area contributed by atoms with E-state index < -0.39 is 17.9 Å². The Morgan fingerprint density at radius 2 is 1.40 bits per heavy atom. The highest BCUT2D eigenvalue weighted by molar-refractivity contribution is 5.92. The summed E-state index contributed by atoms with van der Waals surface area (Å²) in [6, 6.07) is 20.1. The lowest BCUT2D eigenvalue weighted by molar-refractivity contribution is -0.137. The second kappa shape index (κ2) is 12.7. The largest absolute Gasteiger partial charge is 0.494 e. The molecule has 3 aromatic rings. The molecule has 3 rings (SSSR count). The Bertz CT molecular complexity index is 1170. The third kappa shape index (κ3) is 7.85. The van der Waals surface area contributed by atoms with Gasteiger partial charge in [0.1, 0.15) is 17.2 Å². The van der Waals surface area contributed by atoms with E-state index in [2.05, 4.69) is 6.58 Å². The lowest BCUT2D eigenvalue weighted by Crippen LogP contribution is -2.11. The number of carbonyl (C=O) groups excluding carboxylic acids is 3. The molecule has 0 radical (unpaired) electrons. The Morgan fingerprint density at radius 1 is 0.771 bits per heavy atom. The molecule has 7 heteroatoms. The van der Waals surface area contributed by atoms with Crippen LogP contribution in [0.15, 0.2) is 85.5 Å². The highest BCUT2D eigenvalue weighted by atomic mass is 16.5. The summed E-state index contributed by atoms with van der Waals surface area (Å²) in [4.78, 5) is 35.9. The van der Waals surface area contributed by atoms with Crippen LogP contribution in [0.1, 0.15) is 39.1 Å². The van der Waals surface area contributed by atoms with Crippen molar-refractivity contribution in [3.8, 4) is 17.2 Å². The Morgan fingerprint density at radius 3 is 2.11 bits per heavy atom. The maximum absolute atomic E-state index is 12.6. The van der Waals surface area contributed by atoms with Gasteiger partial charge in [0, 0.05) is 12.1 Å². The molecule has 0 spiro atoms. The molecule has 35 heavy (non-hydrogen) atoms. The smallest absolute Gasteiger partial charge is 0.343 e. The molecule has 0 aliphatic carbocycles. The number of aryl methyl sites for hydroxylation is 1. The average molecular weight is 475 g/mol. The van der Waals surface area contributed by atoms with E-state index in [4.69, 9.17) is 18.9 Å². The Kier molecular flexibility index (Phi) is 9.19. The number of esters is 3. The van der Waals surface area contributed by atoms with Gasteiger partial charge in [-0.2, -0.15) is 0 Å². The first-order valence-corrected chi connectivity index (χ1v) is 11.1. The molecule has 0 saturated carbocycles. The predicted octanol–water partition coefficient (Wildman–Crippen LogP) is 5.32. The van der Waals surface area contributed by atoms with Gasteiger partial charge in [-0.3, -0.25) is 0 Å². The van der Waals surface area contributed by atoms with Crippen LogP contribution in [-0.4, -0.2) is 31.1 Å². The van der Waals surface area contributed by atoms with E-state index >= 15 is 0 Å². The van der Waals surface area contributed by atoms with Gasteiger partial charge in [0.15, 0.2) is 0 Å². The minimum absolute atomic E-state index is 0.273. The zero-order valence-electron chi connectivity index (χ0n) is 19.4. The first-order chi connectivity index (χ1) is 17.0. The summed E-state index contributed by atoms with van der Waals surface area (Å²) in [7, 11) is 0. The van der Waals surface area contributed by atoms with E-state index in [0.717, 1.165) is 11.6 Å². The van der Waals surface area contributed by atoms with Gasteiger partial charge in [0.05, 0.1) is 24.3 Å². The van der Waals surface area contributed by atoms with Crippen molar-refractivity contribution < 1.29 is 33.3 Å². The number of unbranched alkanes of at least 4 members (excludes halogenated alkanes) is 1. The molecule has 0 fully saturated rings. The first-order valence-electron chi connectivity index (χ1n) is 11.1. The van der Waals surface area contributed by atoms with Gasteiger partial charge in [0.2, 0.25) is 0 Å². The molecule has 180 valence electrons. The van der Waals surface area contributed by atoms with Crippen LogP contribution in [0.2, 0.25) is 0 Å². The molecule has 0 bridgehead atoms. The molecule has 0 heterocycles. The summed E-state index contributed by atoms with van der Waals surface area (Å²) in [5.74, 6) is -0.310. The van der Waals surface area contributed by atoms with Crippen molar-refractivity contribution in [3.05, 3.63) is 102 Å². The molecular weight excluding hydrogens is 448 g/mol. The SMILES string of the molecule is C=CC(=O)OCCCCOc1ccc(C(=O)Oc2cc(OC(=O)c3ccccc3)ccc2C)cc1. The number of ether oxygens (including phenoxy) is 4. The maximum atomic E-state index is 12.6. The van der Waals surface area contributed by atoms with E-state index in [9.17, 15) is 14.4 Å². The number of carbonyl (C=O) groups is 3. The zero-order chi connectivity index (χ0) is 25.0. The Hall–Kier alpha value is -4.39. The second-order valence-corrected chi connectivity index (χ2v) is 7.52. The Labute approximate surface area is 203 Å². The molecule has 3 aromatic carbocycles. The number of rotatable bonds is 11. The molecule has 0 N–H and O–H groups in total. The van der Waals surface area contributed by atoms with Crippen LogP contribution in [0.5, 0.6) is 17.2 Å². The minimum Gasteiger partial charge on any atom is -0.494 e.